The summed E-state index contributed by atoms with van der Waals surface area (Å²) in [4.78, 5) is 40.8. The number of carbonyl (C=O) groups excluding carboxylic acids is 3. The second-order valence-electron chi connectivity index (χ2n) is 6.67. The maximum Gasteiger partial charge on any atom is 0.325 e. The molecule has 4 rings (SSSR count). The first-order valence-corrected chi connectivity index (χ1v) is 8.84. The van der Waals surface area contributed by atoms with Gasteiger partial charge in [-0.05, 0) is 23.8 Å². The van der Waals surface area contributed by atoms with E-state index in [-0.39, 0.29) is 12.1 Å². The molecule has 148 valence electrons. The summed E-state index contributed by atoms with van der Waals surface area (Å²) in [6.07, 6.45) is 2.05. The van der Waals surface area contributed by atoms with Crippen molar-refractivity contribution in [1.29, 1.82) is 0 Å². The quantitative estimate of drug-likeness (QED) is 0.577. The predicted molar refractivity (Wildman–Crippen MR) is 101 cm³/mol. The molecule has 0 saturated carbocycles. The van der Waals surface area contributed by atoms with E-state index < -0.39 is 42.1 Å². The molecule has 1 saturated heterocycles. The standard InChI is InChI=1S/C20H16F2N4O3/c21-14-6-5-12(8-15(14)22)24-18(27)10-26-19(28)17(25-20(26)29)7-11-9-23-16-4-2-1-3-13(11)16/h1-6,8-9,17,23H,7,10H2,(H,24,27)(H,25,29). The van der Waals surface area contributed by atoms with Gasteiger partial charge in [0.15, 0.2) is 11.6 Å². The summed E-state index contributed by atoms with van der Waals surface area (Å²) in [7, 11) is 0. The molecule has 2 aromatic carbocycles. The molecule has 1 aliphatic heterocycles. The number of urea groups is 1. The van der Waals surface area contributed by atoms with Crippen molar-refractivity contribution >= 4 is 34.4 Å². The monoisotopic (exact) mass is 398 g/mol. The highest BCUT2D eigenvalue weighted by molar-refractivity contribution is 6.08. The molecule has 3 aromatic rings. The number of anilines is 1. The van der Waals surface area contributed by atoms with Crippen molar-refractivity contribution in [2.24, 2.45) is 0 Å². The van der Waals surface area contributed by atoms with Crippen LogP contribution >= 0.6 is 0 Å². The minimum absolute atomic E-state index is 0.0243. The number of rotatable bonds is 5. The van der Waals surface area contributed by atoms with E-state index >= 15 is 0 Å². The van der Waals surface area contributed by atoms with E-state index in [0.29, 0.717) is 0 Å². The number of fused-ring (bicyclic) bond motifs is 1. The smallest absolute Gasteiger partial charge is 0.325 e. The van der Waals surface area contributed by atoms with Crippen molar-refractivity contribution in [2.45, 2.75) is 12.5 Å². The minimum Gasteiger partial charge on any atom is -0.361 e. The molecule has 2 heterocycles. The molecular formula is C20H16F2N4O3. The van der Waals surface area contributed by atoms with Crippen LogP contribution in [0.3, 0.4) is 0 Å². The Morgan fingerprint density at radius 2 is 1.90 bits per heavy atom. The Balaban J connectivity index is 1.42. The minimum atomic E-state index is -1.11. The van der Waals surface area contributed by atoms with Crippen LogP contribution in [0.25, 0.3) is 10.9 Å². The van der Waals surface area contributed by atoms with E-state index in [2.05, 4.69) is 15.6 Å². The Kier molecular flexibility index (Phi) is 4.71. The number of halogens is 2. The van der Waals surface area contributed by atoms with Crippen molar-refractivity contribution < 1.29 is 23.2 Å². The van der Waals surface area contributed by atoms with Gasteiger partial charge in [0.1, 0.15) is 12.6 Å². The van der Waals surface area contributed by atoms with Gasteiger partial charge in [0, 0.05) is 35.3 Å². The maximum atomic E-state index is 13.2. The first-order valence-electron chi connectivity index (χ1n) is 8.84. The van der Waals surface area contributed by atoms with Gasteiger partial charge in [-0.2, -0.15) is 0 Å². The molecule has 3 N–H and O–H groups in total. The lowest BCUT2D eigenvalue weighted by Gasteiger charge is -2.13. The van der Waals surface area contributed by atoms with Gasteiger partial charge in [-0.25, -0.2) is 13.6 Å². The highest BCUT2D eigenvalue weighted by atomic mass is 19.2. The highest BCUT2D eigenvalue weighted by Gasteiger charge is 2.39. The van der Waals surface area contributed by atoms with Crippen LogP contribution in [0.15, 0.2) is 48.7 Å². The zero-order chi connectivity index (χ0) is 20.5. The first-order chi connectivity index (χ1) is 13.9. The Morgan fingerprint density at radius 1 is 1.10 bits per heavy atom. The van der Waals surface area contributed by atoms with Gasteiger partial charge in [0.25, 0.3) is 5.91 Å². The number of benzene rings is 2. The average molecular weight is 398 g/mol. The molecular weight excluding hydrogens is 382 g/mol. The summed E-state index contributed by atoms with van der Waals surface area (Å²) in [6.45, 7) is -0.534. The molecule has 4 amide bonds. The Hall–Kier alpha value is -3.75. The van der Waals surface area contributed by atoms with Crippen LogP contribution in [0.1, 0.15) is 5.56 Å². The predicted octanol–water partition coefficient (Wildman–Crippen LogP) is 2.55. The zero-order valence-electron chi connectivity index (χ0n) is 15.0. The lowest BCUT2D eigenvalue weighted by atomic mass is 10.1. The van der Waals surface area contributed by atoms with Crippen molar-refractivity contribution in [3.63, 3.8) is 0 Å². The number of imide groups is 1. The normalized spacial score (nSPS) is 16.3. The molecule has 0 aliphatic carbocycles. The third kappa shape index (κ3) is 3.66. The van der Waals surface area contributed by atoms with Crippen LogP contribution in [-0.4, -0.2) is 40.3 Å². The number of nitrogens with one attached hydrogen (secondary N) is 3. The fourth-order valence-electron chi connectivity index (χ4n) is 3.30. The Morgan fingerprint density at radius 3 is 2.69 bits per heavy atom. The molecule has 1 atom stereocenters. The second-order valence-corrected chi connectivity index (χ2v) is 6.67. The summed E-state index contributed by atoms with van der Waals surface area (Å²) < 4.78 is 26.2. The summed E-state index contributed by atoms with van der Waals surface area (Å²) >= 11 is 0. The molecule has 7 nitrogen and oxygen atoms in total. The Labute approximate surface area is 163 Å². The van der Waals surface area contributed by atoms with Gasteiger partial charge >= 0.3 is 6.03 Å². The number of hydrogen-bond acceptors (Lipinski definition) is 3. The molecule has 0 radical (unpaired) electrons. The Bertz CT molecular complexity index is 1130. The molecule has 0 bridgehead atoms. The van der Waals surface area contributed by atoms with E-state index in [4.69, 9.17) is 0 Å². The number of nitrogens with zero attached hydrogens (tertiary/aromatic N) is 1. The number of H-pyrrole nitrogens is 1. The first kappa shape index (κ1) is 18.6. The van der Waals surface area contributed by atoms with Crippen molar-refractivity contribution in [1.82, 2.24) is 15.2 Å². The number of para-hydroxylation sites is 1. The summed E-state index contributed by atoms with van der Waals surface area (Å²) in [6, 6.07) is 8.98. The lowest BCUT2D eigenvalue weighted by molar-refractivity contribution is -0.130. The molecule has 29 heavy (non-hydrogen) atoms. The third-order valence-electron chi connectivity index (χ3n) is 4.71. The average Bonchev–Trinajstić information content (AvgIpc) is 3.21. The zero-order valence-corrected chi connectivity index (χ0v) is 15.0. The van der Waals surface area contributed by atoms with Gasteiger partial charge < -0.3 is 15.6 Å². The van der Waals surface area contributed by atoms with Crippen molar-refractivity contribution in [2.75, 3.05) is 11.9 Å². The fourth-order valence-corrected chi connectivity index (χ4v) is 3.30. The summed E-state index contributed by atoms with van der Waals surface area (Å²) in [5, 5.41) is 5.86. The van der Waals surface area contributed by atoms with Crippen LogP contribution in [-0.2, 0) is 16.0 Å². The van der Waals surface area contributed by atoms with Gasteiger partial charge in [0.2, 0.25) is 5.91 Å². The van der Waals surface area contributed by atoms with Crippen LogP contribution < -0.4 is 10.6 Å². The topological polar surface area (TPSA) is 94.3 Å². The largest absolute Gasteiger partial charge is 0.361 e. The highest BCUT2D eigenvalue weighted by Crippen LogP contribution is 2.21. The third-order valence-corrected chi connectivity index (χ3v) is 4.71. The molecule has 0 spiro atoms. The van der Waals surface area contributed by atoms with Gasteiger partial charge in [-0.1, -0.05) is 18.2 Å². The van der Waals surface area contributed by atoms with Crippen LogP contribution in [0, 0.1) is 11.6 Å². The van der Waals surface area contributed by atoms with E-state index in [1.54, 1.807) is 6.20 Å². The number of amides is 4. The number of carbonyl (C=O) groups is 3. The van der Waals surface area contributed by atoms with Crippen molar-refractivity contribution in [3.8, 4) is 0 Å². The van der Waals surface area contributed by atoms with Gasteiger partial charge in [-0.15, -0.1) is 0 Å². The molecule has 1 aromatic heterocycles. The SMILES string of the molecule is O=C(CN1C(=O)NC(Cc2c[nH]c3ccccc23)C1=O)Nc1ccc(F)c(F)c1. The molecule has 1 fully saturated rings. The molecule has 1 unspecified atom stereocenters. The maximum absolute atomic E-state index is 13.2. The lowest BCUT2D eigenvalue weighted by Crippen LogP contribution is -2.38. The van der Waals surface area contributed by atoms with Gasteiger partial charge in [-0.3, -0.25) is 14.5 Å². The molecule has 1 aliphatic rings. The van der Waals surface area contributed by atoms with Crippen LogP contribution in [0.2, 0.25) is 0 Å². The number of aromatic amines is 1. The number of hydrogen-bond donors (Lipinski definition) is 3. The van der Waals surface area contributed by atoms with E-state index in [0.717, 1.165) is 33.5 Å². The summed E-state index contributed by atoms with van der Waals surface area (Å²) in [5.74, 6) is -3.39. The van der Waals surface area contributed by atoms with Crippen LogP contribution in [0.4, 0.5) is 19.3 Å². The van der Waals surface area contributed by atoms with Crippen molar-refractivity contribution in [3.05, 3.63) is 65.9 Å². The summed E-state index contributed by atoms with van der Waals surface area (Å²) in [5.41, 5.74) is 1.81. The number of aromatic nitrogens is 1. The molecule has 9 heteroatoms. The van der Waals surface area contributed by atoms with E-state index in [1.807, 2.05) is 24.3 Å². The fraction of sp³-hybridized carbons (Fsp3) is 0.150. The van der Waals surface area contributed by atoms with E-state index in [9.17, 15) is 23.2 Å². The van der Waals surface area contributed by atoms with Gasteiger partial charge in [0.05, 0.1) is 0 Å². The van der Waals surface area contributed by atoms with Crippen LogP contribution in [0.5, 0.6) is 0 Å². The van der Waals surface area contributed by atoms with E-state index in [1.165, 1.54) is 6.07 Å². The second kappa shape index (κ2) is 7.34.